The van der Waals surface area contributed by atoms with Crippen LogP contribution in [0.1, 0.15) is 25.3 Å². The van der Waals surface area contributed by atoms with Crippen LogP contribution in [0, 0.1) is 11.7 Å². The minimum atomic E-state index is -3.40. The summed E-state index contributed by atoms with van der Waals surface area (Å²) in [6.07, 6.45) is 1.66. The zero-order valence-electron chi connectivity index (χ0n) is 11.6. The quantitative estimate of drug-likeness (QED) is 0.921. The fourth-order valence-corrected chi connectivity index (χ4v) is 4.47. The molecular formula is C14H21FN2O2S. The van der Waals surface area contributed by atoms with E-state index in [0.29, 0.717) is 24.6 Å². The van der Waals surface area contributed by atoms with Gasteiger partial charge in [0.1, 0.15) is 5.82 Å². The average molecular weight is 300 g/mol. The Morgan fingerprint density at radius 3 is 2.60 bits per heavy atom. The number of rotatable bonds is 4. The number of benzene rings is 1. The molecule has 1 saturated heterocycles. The zero-order valence-corrected chi connectivity index (χ0v) is 12.4. The molecule has 0 aliphatic carbocycles. The summed E-state index contributed by atoms with van der Waals surface area (Å²) in [7, 11) is -3.40. The predicted octanol–water partition coefficient (Wildman–Crippen LogP) is 1.71. The smallest absolute Gasteiger partial charge is 0.218 e. The van der Waals surface area contributed by atoms with Crippen LogP contribution in [0.2, 0.25) is 0 Å². The van der Waals surface area contributed by atoms with Crippen LogP contribution in [0.15, 0.2) is 24.3 Å². The Balaban J connectivity index is 2.14. The van der Waals surface area contributed by atoms with E-state index in [1.807, 2.05) is 0 Å². The van der Waals surface area contributed by atoms with Crippen molar-refractivity contribution >= 4 is 10.0 Å². The number of hydrogen-bond acceptors (Lipinski definition) is 3. The zero-order chi connectivity index (χ0) is 14.8. The van der Waals surface area contributed by atoms with Gasteiger partial charge in [0.2, 0.25) is 10.0 Å². The second-order valence-corrected chi connectivity index (χ2v) is 7.43. The van der Waals surface area contributed by atoms with E-state index in [9.17, 15) is 12.8 Å². The Hall–Kier alpha value is -0.980. The van der Waals surface area contributed by atoms with E-state index >= 15 is 0 Å². The maximum atomic E-state index is 12.9. The number of sulfonamides is 1. The number of halogens is 1. The van der Waals surface area contributed by atoms with Crippen molar-refractivity contribution in [3.05, 3.63) is 35.6 Å². The van der Waals surface area contributed by atoms with Gasteiger partial charge in [0.25, 0.3) is 0 Å². The molecule has 1 aromatic carbocycles. The molecule has 4 nitrogen and oxygen atoms in total. The second kappa shape index (κ2) is 6.20. The average Bonchev–Trinajstić information content (AvgIpc) is 2.40. The molecule has 0 amide bonds. The fourth-order valence-electron chi connectivity index (χ4n) is 2.68. The molecule has 1 heterocycles. The lowest BCUT2D eigenvalue weighted by molar-refractivity contribution is 0.211. The second-order valence-electron chi connectivity index (χ2n) is 5.51. The van der Waals surface area contributed by atoms with Gasteiger partial charge < -0.3 is 5.73 Å². The van der Waals surface area contributed by atoms with Crippen LogP contribution < -0.4 is 5.73 Å². The Labute approximate surface area is 119 Å². The van der Waals surface area contributed by atoms with Gasteiger partial charge in [-0.05, 0) is 36.5 Å². The van der Waals surface area contributed by atoms with Crippen molar-refractivity contribution in [2.45, 2.75) is 31.6 Å². The van der Waals surface area contributed by atoms with Crippen molar-refractivity contribution in [3.63, 3.8) is 0 Å². The van der Waals surface area contributed by atoms with Gasteiger partial charge in [-0.2, -0.15) is 4.31 Å². The Morgan fingerprint density at radius 1 is 1.35 bits per heavy atom. The maximum Gasteiger partial charge on any atom is 0.218 e. The van der Waals surface area contributed by atoms with E-state index in [2.05, 4.69) is 6.92 Å². The summed E-state index contributed by atoms with van der Waals surface area (Å²) >= 11 is 0. The first kappa shape index (κ1) is 15.4. The predicted molar refractivity (Wildman–Crippen MR) is 77.0 cm³/mol. The van der Waals surface area contributed by atoms with Crippen LogP contribution in [0.25, 0.3) is 0 Å². The first-order valence-electron chi connectivity index (χ1n) is 6.86. The molecule has 2 unspecified atom stereocenters. The van der Waals surface area contributed by atoms with Gasteiger partial charge in [0, 0.05) is 19.1 Å². The van der Waals surface area contributed by atoms with Gasteiger partial charge >= 0.3 is 0 Å². The van der Waals surface area contributed by atoms with Crippen LogP contribution in [0.5, 0.6) is 0 Å². The summed E-state index contributed by atoms with van der Waals surface area (Å²) < 4.78 is 39.4. The summed E-state index contributed by atoms with van der Waals surface area (Å²) in [4.78, 5) is 0. The number of hydrogen-bond donors (Lipinski definition) is 1. The van der Waals surface area contributed by atoms with E-state index in [4.69, 9.17) is 5.73 Å². The van der Waals surface area contributed by atoms with Gasteiger partial charge in [0.05, 0.1) is 5.75 Å². The molecule has 1 aliphatic rings. The van der Waals surface area contributed by atoms with E-state index in [1.165, 1.54) is 28.6 Å². The molecule has 2 atom stereocenters. The van der Waals surface area contributed by atoms with E-state index in [-0.39, 0.29) is 17.6 Å². The molecule has 2 rings (SSSR count). The third-order valence-corrected chi connectivity index (χ3v) is 5.71. The molecule has 0 aromatic heterocycles. The molecule has 0 radical (unpaired) electrons. The standard InChI is InChI=1S/C14H21FN2O2S/c1-11-6-7-17(14(8-11)9-16)20(18,19)10-12-2-4-13(15)5-3-12/h2-5,11,14H,6-10,16H2,1H3. The lowest BCUT2D eigenvalue weighted by atomic mass is 9.94. The summed E-state index contributed by atoms with van der Waals surface area (Å²) in [6.45, 7) is 2.98. The molecule has 1 aliphatic heterocycles. The van der Waals surface area contributed by atoms with Crippen LogP contribution in [-0.4, -0.2) is 31.9 Å². The third kappa shape index (κ3) is 3.56. The van der Waals surface area contributed by atoms with Crippen molar-refractivity contribution in [2.24, 2.45) is 11.7 Å². The minimum Gasteiger partial charge on any atom is -0.329 e. The molecule has 1 fully saturated rings. The highest BCUT2D eigenvalue weighted by Crippen LogP contribution is 2.26. The lowest BCUT2D eigenvalue weighted by Gasteiger charge is -2.36. The van der Waals surface area contributed by atoms with Gasteiger partial charge in [-0.25, -0.2) is 12.8 Å². The maximum absolute atomic E-state index is 12.9. The normalized spacial score (nSPS) is 24.8. The number of nitrogens with zero attached hydrogens (tertiary/aromatic N) is 1. The summed E-state index contributed by atoms with van der Waals surface area (Å²) in [5.74, 6) is 0.0385. The van der Waals surface area contributed by atoms with Gasteiger partial charge in [-0.3, -0.25) is 0 Å². The summed E-state index contributed by atoms with van der Waals surface area (Å²) in [5.41, 5.74) is 6.31. The van der Waals surface area contributed by atoms with Crippen molar-refractivity contribution in [1.29, 1.82) is 0 Å². The van der Waals surface area contributed by atoms with Gasteiger partial charge in [0.15, 0.2) is 0 Å². The van der Waals surface area contributed by atoms with Crippen molar-refractivity contribution in [2.75, 3.05) is 13.1 Å². The van der Waals surface area contributed by atoms with E-state index in [1.54, 1.807) is 0 Å². The minimum absolute atomic E-state index is 0.0990. The largest absolute Gasteiger partial charge is 0.329 e. The van der Waals surface area contributed by atoms with E-state index < -0.39 is 10.0 Å². The first-order valence-corrected chi connectivity index (χ1v) is 8.47. The molecule has 2 N–H and O–H groups in total. The molecule has 0 bridgehead atoms. The molecule has 112 valence electrons. The third-order valence-electron chi connectivity index (χ3n) is 3.82. The van der Waals surface area contributed by atoms with Crippen molar-refractivity contribution in [1.82, 2.24) is 4.31 Å². The summed E-state index contributed by atoms with van der Waals surface area (Å²) in [6, 6.07) is 5.46. The van der Waals surface area contributed by atoms with Crippen molar-refractivity contribution < 1.29 is 12.8 Å². The number of piperidine rings is 1. The lowest BCUT2D eigenvalue weighted by Crippen LogP contribution is -2.49. The van der Waals surface area contributed by atoms with Crippen LogP contribution >= 0.6 is 0 Å². The highest BCUT2D eigenvalue weighted by molar-refractivity contribution is 7.88. The molecular weight excluding hydrogens is 279 g/mol. The molecule has 20 heavy (non-hydrogen) atoms. The van der Waals surface area contributed by atoms with Crippen LogP contribution in [0.3, 0.4) is 0 Å². The van der Waals surface area contributed by atoms with Crippen LogP contribution in [0.4, 0.5) is 4.39 Å². The van der Waals surface area contributed by atoms with Crippen molar-refractivity contribution in [3.8, 4) is 0 Å². The topological polar surface area (TPSA) is 63.4 Å². The van der Waals surface area contributed by atoms with Crippen LogP contribution in [-0.2, 0) is 15.8 Å². The Bertz CT molecular complexity index is 545. The summed E-state index contributed by atoms with van der Waals surface area (Å²) in [5, 5.41) is 0. The fraction of sp³-hybridized carbons (Fsp3) is 0.571. The molecule has 1 aromatic rings. The first-order chi connectivity index (χ1) is 9.42. The van der Waals surface area contributed by atoms with E-state index in [0.717, 1.165) is 12.8 Å². The molecule has 6 heteroatoms. The number of nitrogens with two attached hydrogens (primary N) is 1. The highest BCUT2D eigenvalue weighted by atomic mass is 32.2. The monoisotopic (exact) mass is 300 g/mol. The Morgan fingerprint density at radius 2 is 2.00 bits per heavy atom. The Kier molecular flexibility index (Phi) is 4.78. The molecule has 0 spiro atoms. The highest BCUT2D eigenvalue weighted by Gasteiger charge is 2.33. The SMILES string of the molecule is CC1CCN(S(=O)(=O)Cc2ccc(F)cc2)C(CN)C1. The van der Waals surface area contributed by atoms with Gasteiger partial charge in [-0.1, -0.05) is 19.1 Å². The van der Waals surface area contributed by atoms with Gasteiger partial charge in [-0.15, -0.1) is 0 Å². The molecule has 0 saturated carbocycles.